The number of benzene rings is 2. The molecule has 2 rings (SSSR count). The second-order valence-electron chi connectivity index (χ2n) is 4.95. The van der Waals surface area contributed by atoms with Crippen LogP contribution in [0.2, 0.25) is 10.0 Å². The summed E-state index contributed by atoms with van der Waals surface area (Å²) in [5, 5.41) is 24.1. The Bertz CT molecular complexity index is 749. The van der Waals surface area contributed by atoms with E-state index in [1.54, 1.807) is 18.2 Å². The maximum absolute atomic E-state index is 10.6. The Balaban J connectivity index is 1.78. The Labute approximate surface area is 148 Å². The summed E-state index contributed by atoms with van der Waals surface area (Å²) in [7, 11) is 0. The number of nitro groups is 1. The molecule has 0 amide bonds. The Morgan fingerprint density at radius 2 is 1.96 bits per heavy atom. The Kier molecular flexibility index (Phi) is 6.40. The summed E-state index contributed by atoms with van der Waals surface area (Å²) in [6.45, 7) is 1.21. The van der Waals surface area contributed by atoms with Gasteiger partial charge in [-0.15, -0.1) is 0 Å². The zero-order valence-electron chi connectivity index (χ0n) is 12.6. The first-order valence-electron chi connectivity index (χ1n) is 7.13. The van der Waals surface area contributed by atoms with Gasteiger partial charge in [0, 0.05) is 47.7 Å². The third kappa shape index (κ3) is 5.11. The lowest BCUT2D eigenvalue weighted by Crippen LogP contribution is -2.03. The van der Waals surface area contributed by atoms with Crippen molar-refractivity contribution in [2.75, 3.05) is 18.4 Å². The highest BCUT2D eigenvalue weighted by Gasteiger charge is 2.05. The molecule has 2 N–H and O–H groups in total. The summed E-state index contributed by atoms with van der Waals surface area (Å²) < 4.78 is 0. The van der Waals surface area contributed by atoms with Gasteiger partial charge in [0.2, 0.25) is 0 Å². The predicted molar refractivity (Wildman–Crippen MR) is 96.8 cm³/mol. The normalized spacial score (nSPS) is 10.9. The monoisotopic (exact) mass is 367 g/mol. The fraction of sp³-hybridized carbons (Fsp3) is 0.188. The number of non-ortho nitro benzene ring substituents is 1. The van der Waals surface area contributed by atoms with Gasteiger partial charge < -0.3 is 10.4 Å². The van der Waals surface area contributed by atoms with Crippen molar-refractivity contribution in [2.45, 2.75) is 6.42 Å². The van der Waals surface area contributed by atoms with Crippen molar-refractivity contribution in [3.05, 3.63) is 62.1 Å². The van der Waals surface area contributed by atoms with Crippen molar-refractivity contribution in [2.24, 2.45) is 4.99 Å². The summed E-state index contributed by atoms with van der Waals surface area (Å²) in [5.41, 5.74) is 1.34. The fourth-order valence-corrected chi connectivity index (χ4v) is 2.46. The van der Waals surface area contributed by atoms with Gasteiger partial charge in [-0.2, -0.15) is 0 Å². The molecule has 0 bridgehead atoms. The van der Waals surface area contributed by atoms with Crippen molar-refractivity contribution in [1.82, 2.24) is 0 Å². The van der Waals surface area contributed by atoms with Gasteiger partial charge >= 0.3 is 0 Å². The first-order chi connectivity index (χ1) is 11.5. The van der Waals surface area contributed by atoms with Crippen LogP contribution in [-0.4, -0.2) is 29.3 Å². The van der Waals surface area contributed by atoms with Crippen LogP contribution < -0.4 is 5.32 Å². The minimum absolute atomic E-state index is 0.0474. The molecule has 0 aliphatic heterocycles. The fourth-order valence-electron chi connectivity index (χ4n) is 1.95. The Morgan fingerprint density at radius 1 is 1.25 bits per heavy atom. The number of aliphatic imine (C=N–C) groups is 1. The SMILES string of the molecule is O=[N+]([O-])c1ccc(NCCCN=Cc2cc(Cl)cc(Cl)c2O)cc1. The number of halogens is 2. The highest BCUT2D eigenvalue weighted by molar-refractivity contribution is 6.36. The average Bonchev–Trinajstić information content (AvgIpc) is 2.55. The molecule has 0 aliphatic rings. The molecule has 0 saturated heterocycles. The molecule has 2 aromatic rings. The van der Waals surface area contributed by atoms with Crippen LogP contribution in [0.25, 0.3) is 0 Å². The van der Waals surface area contributed by atoms with Crippen LogP contribution >= 0.6 is 23.2 Å². The van der Waals surface area contributed by atoms with Gasteiger partial charge in [0.15, 0.2) is 0 Å². The minimum Gasteiger partial charge on any atom is -0.506 e. The van der Waals surface area contributed by atoms with Gasteiger partial charge in [-0.3, -0.25) is 15.1 Å². The number of hydrogen-bond acceptors (Lipinski definition) is 5. The average molecular weight is 368 g/mol. The number of rotatable bonds is 7. The van der Waals surface area contributed by atoms with Crippen molar-refractivity contribution >= 4 is 40.8 Å². The smallest absolute Gasteiger partial charge is 0.269 e. The van der Waals surface area contributed by atoms with E-state index in [-0.39, 0.29) is 16.5 Å². The highest BCUT2D eigenvalue weighted by atomic mass is 35.5. The number of hydrogen-bond donors (Lipinski definition) is 2. The molecule has 8 heteroatoms. The first-order valence-corrected chi connectivity index (χ1v) is 7.89. The summed E-state index contributed by atoms with van der Waals surface area (Å²) in [5.74, 6) is -0.0474. The molecular formula is C16H15Cl2N3O3. The molecule has 0 saturated carbocycles. The third-order valence-corrected chi connectivity index (χ3v) is 3.67. The lowest BCUT2D eigenvalue weighted by Gasteiger charge is -2.05. The number of anilines is 1. The molecule has 0 atom stereocenters. The van der Waals surface area contributed by atoms with Gasteiger partial charge in [0.05, 0.1) is 9.95 Å². The number of nitro benzene ring substituents is 1. The van der Waals surface area contributed by atoms with Crippen molar-refractivity contribution in [3.8, 4) is 5.75 Å². The summed E-state index contributed by atoms with van der Waals surface area (Å²) in [6, 6.07) is 9.27. The van der Waals surface area contributed by atoms with E-state index < -0.39 is 4.92 Å². The molecule has 2 aromatic carbocycles. The molecule has 0 spiro atoms. The van der Waals surface area contributed by atoms with E-state index in [2.05, 4.69) is 10.3 Å². The summed E-state index contributed by atoms with van der Waals surface area (Å²) in [6.07, 6.45) is 2.28. The van der Waals surface area contributed by atoms with E-state index in [9.17, 15) is 15.2 Å². The molecule has 0 heterocycles. The van der Waals surface area contributed by atoms with Crippen LogP contribution in [-0.2, 0) is 0 Å². The number of aromatic hydroxyl groups is 1. The van der Waals surface area contributed by atoms with Crippen molar-refractivity contribution in [3.63, 3.8) is 0 Å². The second-order valence-corrected chi connectivity index (χ2v) is 5.79. The molecule has 0 fully saturated rings. The third-order valence-electron chi connectivity index (χ3n) is 3.16. The molecular weight excluding hydrogens is 353 g/mol. The maximum atomic E-state index is 10.6. The highest BCUT2D eigenvalue weighted by Crippen LogP contribution is 2.29. The molecule has 126 valence electrons. The Morgan fingerprint density at radius 3 is 2.62 bits per heavy atom. The van der Waals surface area contributed by atoms with Crippen LogP contribution in [0.1, 0.15) is 12.0 Å². The van der Waals surface area contributed by atoms with Crippen LogP contribution in [0.15, 0.2) is 41.4 Å². The number of nitrogens with one attached hydrogen (secondary N) is 1. The minimum atomic E-state index is -0.435. The summed E-state index contributed by atoms with van der Waals surface area (Å²) >= 11 is 11.7. The lowest BCUT2D eigenvalue weighted by molar-refractivity contribution is -0.384. The quantitative estimate of drug-likeness (QED) is 0.325. The van der Waals surface area contributed by atoms with Gasteiger partial charge in [-0.25, -0.2) is 0 Å². The molecule has 0 radical (unpaired) electrons. The topological polar surface area (TPSA) is 87.8 Å². The molecule has 0 aromatic heterocycles. The van der Waals surface area contributed by atoms with E-state index in [1.807, 2.05) is 0 Å². The van der Waals surface area contributed by atoms with E-state index in [1.165, 1.54) is 24.4 Å². The zero-order chi connectivity index (χ0) is 17.5. The molecule has 0 aliphatic carbocycles. The van der Waals surface area contributed by atoms with Gasteiger partial charge in [0.25, 0.3) is 5.69 Å². The van der Waals surface area contributed by atoms with Gasteiger partial charge in [-0.1, -0.05) is 23.2 Å². The standard InChI is InChI=1S/C16H15Cl2N3O3/c17-12-8-11(16(22)15(18)9-12)10-19-6-1-7-20-13-2-4-14(5-3-13)21(23)24/h2-5,8-10,20,22H,1,6-7H2. The predicted octanol–water partition coefficient (Wildman–Crippen LogP) is 4.53. The second kappa shape index (κ2) is 8.52. The van der Waals surface area contributed by atoms with Crippen LogP contribution in [0.4, 0.5) is 11.4 Å². The largest absolute Gasteiger partial charge is 0.506 e. The summed E-state index contributed by atoms with van der Waals surface area (Å²) in [4.78, 5) is 14.3. The zero-order valence-corrected chi connectivity index (χ0v) is 14.1. The van der Waals surface area contributed by atoms with Crippen molar-refractivity contribution < 1.29 is 10.0 Å². The molecule has 24 heavy (non-hydrogen) atoms. The maximum Gasteiger partial charge on any atom is 0.269 e. The molecule has 6 nitrogen and oxygen atoms in total. The number of phenolic OH excluding ortho intramolecular Hbond substituents is 1. The van der Waals surface area contributed by atoms with Crippen molar-refractivity contribution in [1.29, 1.82) is 0 Å². The van der Waals surface area contributed by atoms with Crippen LogP contribution in [0.3, 0.4) is 0 Å². The van der Waals surface area contributed by atoms with E-state index in [4.69, 9.17) is 23.2 Å². The number of phenols is 1. The Hall–Kier alpha value is -2.31. The first kappa shape index (κ1) is 18.0. The van der Waals surface area contributed by atoms with E-state index >= 15 is 0 Å². The van der Waals surface area contributed by atoms with Gasteiger partial charge in [-0.05, 0) is 30.7 Å². The van der Waals surface area contributed by atoms with Gasteiger partial charge in [0.1, 0.15) is 5.75 Å². The van der Waals surface area contributed by atoms with Crippen LogP contribution in [0, 0.1) is 10.1 Å². The number of nitrogens with zero attached hydrogens (tertiary/aromatic N) is 2. The van der Waals surface area contributed by atoms with E-state index in [0.29, 0.717) is 23.7 Å². The molecule has 0 unspecified atom stereocenters. The van der Waals surface area contributed by atoms with Crippen LogP contribution in [0.5, 0.6) is 5.75 Å². The van der Waals surface area contributed by atoms with E-state index in [0.717, 1.165) is 12.1 Å². The lowest BCUT2D eigenvalue weighted by atomic mass is 10.2.